The largest absolute Gasteiger partial charge is 0.497 e. The Hall–Kier alpha value is -4.44. The Bertz CT molecular complexity index is 1940. The van der Waals surface area contributed by atoms with Crippen LogP contribution >= 0.6 is 0 Å². The lowest BCUT2D eigenvalue weighted by molar-refractivity contribution is -0.132. The molecule has 0 bridgehead atoms. The van der Waals surface area contributed by atoms with E-state index in [1.54, 1.807) is 29.2 Å². The number of methoxy groups -OCH3 is 1. The lowest BCUT2D eigenvalue weighted by Crippen LogP contribution is -2.53. The molecule has 0 aliphatic carbocycles. The van der Waals surface area contributed by atoms with Crippen molar-refractivity contribution in [3.8, 4) is 11.8 Å². The van der Waals surface area contributed by atoms with Crippen molar-refractivity contribution in [1.29, 1.82) is 5.26 Å². The predicted octanol–water partition coefficient (Wildman–Crippen LogP) is 3.14. The van der Waals surface area contributed by atoms with Crippen LogP contribution in [0.5, 0.6) is 5.75 Å². The number of aromatic nitrogens is 2. The molecule has 12 heteroatoms. The smallest absolute Gasteiger partial charge is 0.344 e. The third-order valence-electron chi connectivity index (χ3n) is 9.24. The molecule has 2 fully saturated rings. The van der Waals surface area contributed by atoms with E-state index >= 15 is 0 Å². The van der Waals surface area contributed by atoms with Gasteiger partial charge in [-0.3, -0.25) is 19.2 Å². The highest BCUT2D eigenvalue weighted by atomic mass is 32.2. The number of nitriles is 1. The molecule has 46 heavy (non-hydrogen) atoms. The summed E-state index contributed by atoms with van der Waals surface area (Å²) in [6.07, 6.45) is 0.815. The van der Waals surface area contributed by atoms with E-state index in [0.29, 0.717) is 30.4 Å². The molecule has 240 valence electrons. The van der Waals surface area contributed by atoms with Gasteiger partial charge >= 0.3 is 5.69 Å². The summed E-state index contributed by atoms with van der Waals surface area (Å²) < 4.78 is 35.2. The fourth-order valence-corrected chi connectivity index (χ4v) is 8.06. The first kappa shape index (κ1) is 31.5. The second kappa shape index (κ2) is 12.7. The highest BCUT2D eigenvalue weighted by Crippen LogP contribution is 2.30. The molecule has 6 rings (SSSR count). The SMILES string of the molecule is COc1ccc(S(=O)(=O)n2c(=O)n(C(C(=O)N3CCC(N4CCN(C(C)C)CC4)C3)c3ccccc3)c3cc(C#N)ccc32)cc1. The molecule has 0 spiro atoms. The van der Waals surface area contributed by atoms with E-state index in [1.807, 2.05) is 6.07 Å². The first-order valence-corrected chi connectivity index (χ1v) is 17.0. The van der Waals surface area contributed by atoms with Crippen LogP contribution in [0.2, 0.25) is 0 Å². The minimum atomic E-state index is -4.41. The van der Waals surface area contributed by atoms with Gasteiger partial charge in [0.1, 0.15) is 11.8 Å². The van der Waals surface area contributed by atoms with E-state index in [2.05, 4.69) is 29.7 Å². The van der Waals surface area contributed by atoms with Gasteiger partial charge in [-0.25, -0.2) is 13.2 Å². The number of imidazole rings is 1. The number of likely N-dealkylation sites (tertiary alicyclic amines) is 1. The first-order chi connectivity index (χ1) is 22.1. The molecule has 3 aromatic carbocycles. The molecular formula is C34H38N6O5S. The molecule has 1 amide bonds. The minimum absolute atomic E-state index is 0.0795. The predicted molar refractivity (Wildman–Crippen MR) is 174 cm³/mol. The van der Waals surface area contributed by atoms with Crippen molar-refractivity contribution in [3.63, 3.8) is 0 Å². The molecule has 2 atom stereocenters. The Labute approximate surface area is 268 Å². The van der Waals surface area contributed by atoms with Crippen molar-refractivity contribution in [2.24, 2.45) is 0 Å². The second-order valence-electron chi connectivity index (χ2n) is 12.1. The second-order valence-corrected chi connectivity index (χ2v) is 13.9. The fourth-order valence-electron chi connectivity index (χ4n) is 6.67. The van der Waals surface area contributed by atoms with Gasteiger partial charge in [0, 0.05) is 51.4 Å². The number of benzene rings is 3. The zero-order valence-corrected chi connectivity index (χ0v) is 27.1. The maximum Gasteiger partial charge on any atom is 0.344 e. The summed E-state index contributed by atoms with van der Waals surface area (Å²) in [5.41, 5.74) is 0.163. The average molecular weight is 643 g/mol. The van der Waals surface area contributed by atoms with Gasteiger partial charge in [0.2, 0.25) is 0 Å². The van der Waals surface area contributed by atoms with E-state index in [4.69, 9.17) is 4.74 Å². The third kappa shape index (κ3) is 5.70. The molecule has 4 aromatic rings. The summed E-state index contributed by atoms with van der Waals surface area (Å²) in [6, 6.07) is 20.7. The Morgan fingerprint density at radius 1 is 0.935 bits per heavy atom. The lowest BCUT2D eigenvalue weighted by atomic mass is 10.0. The van der Waals surface area contributed by atoms with E-state index in [9.17, 15) is 23.3 Å². The molecule has 0 radical (unpaired) electrons. The summed E-state index contributed by atoms with van der Waals surface area (Å²) in [5, 5.41) is 9.73. The van der Waals surface area contributed by atoms with E-state index < -0.39 is 21.8 Å². The van der Waals surface area contributed by atoms with Gasteiger partial charge in [0.05, 0.1) is 34.7 Å². The number of ether oxygens (including phenoxy) is 1. The first-order valence-electron chi connectivity index (χ1n) is 15.5. The van der Waals surface area contributed by atoms with Gasteiger partial charge in [0.15, 0.2) is 0 Å². The number of nitrogens with zero attached hydrogens (tertiary/aromatic N) is 6. The molecular weight excluding hydrogens is 604 g/mol. The maximum absolute atomic E-state index is 14.6. The van der Waals surface area contributed by atoms with Crippen LogP contribution < -0.4 is 10.4 Å². The Kier molecular flexibility index (Phi) is 8.74. The van der Waals surface area contributed by atoms with Crippen molar-refractivity contribution in [1.82, 2.24) is 23.2 Å². The van der Waals surface area contributed by atoms with Crippen molar-refractivity contribution in [2.45, 2.75) is 43.3 Å². The van der Waals surface area contributed by atoms with Crippen LogP contribution in [0.15, 0.2) is 82.5 Å². The molecule has 2 aliphatic rings. The monoisotopic (exact) mass is 642 g/mol. The summed E-state index contributed by atoms with van der Waals surface area (Å²) in [7, 11) is -2.93. The number of hydrogen-bond acceptors (Lipinski definition) is 8. The minimum Gasteiger partial charge on any atom is -0.497 e. The average Bonchev–Trinajstić information content (AvgIpc) is 3.68. The van der Waals surface area contributed by atoms with Crippen molar-refractivity contribution in [2.75, 3.05) is 46.4 Å². The summed E-state index contributed by atoms with van der Waals surface area (Å²) >= 11 is 0. The van der Waals surface area contributed by atoms with E-state index in [1.165, 1.54) is 54.1 Å². The molecule has 2 saturated heterocycles. The summed E-state index contributed by atoms with van der Waals surface area (Å²) in [5.74, 6) is 0.174. The Balaban J connectivity index is 1.43. The van der Waals surface area contributed by atoms with Crippen molar-refractivity contribution in [3.05, 3.63) is 94.4 Å². The summed E-state index contributed by atoms with van der Waals surface area (Å²) in [6.45, 7) is 9.27. The molecule has 0 N–H and O–H groups in total. The van der Waals surface area contributed by atoms with Crippen molar-refractivity contribution >= 4 is 27.0 Å². The highest BCUT2D eigenvalue weighted by molar-refractivity contribution is 7.90. The van der Waals surface area contributed by atoms with Crippen LogP contribution in [-0.2, 0) is 14.8 Å². The number of amides is 1. The van der Waals surface area contributed by atoms with Gasteiger partial charge < -0.3 is 9.64 Å². The number of hydrogen-bond donors (Lipinski definition) is 0. The fraction of sp³-hybridized carbons (Fsp3) is 0.382. The molecule has 1 aromatic heterocycles. The Morgan fingerprint density at radius 3 is 2.26 bits per heavy atom. The number of piperazine rings is 1. The van der Waals surface area contributed by atoms with Crippen LogP contribution in [0.25, 0.3) is 11.0 Å². The highest BCUT2D eigenvalue weighted by Gasteiger charge is 2.38. The quantitative estimate of drug-likeness (QED) is 0.288. The molecule has 2 aliphatic heterocycles. The van der Waals surface area contributed by atoms with Gasteiger partial charge in [-0.2, -0.15) is 9.23 Å². The lowest BCUT2D eigenvalue weighted by Gasteiger charge is -2.39. The van der Waals surface area contributed by atoms with Crippen LogP contribution in [-0.4, -0.2) is 96.0 Å². The third-order valence-corrected chi connectivity index (χ3v) is 10.9. The normalized spacial score (nSPS) is 18.6. The molecule has 2 unspecified atom stereocenters. The Morgan fingerprint density at radius 2 is 1.63 bits per heavy atom. The van der Waals surface area contributed by atoms with Crippen LogP contribution in [0.3, 0.4) is 0 Å². The number of carbonyl (C=O) groups excluding carboxylic acids is 1. The molecule has 11 nitrogen and oxygen atoms in total. The van der Waals surface area contributed by atoms with Crippen molar-refractivity contribution < 1.29 is 17.9 Å². The molecule has 3 heterocycles. The number of fused-ring (bicyclic) bond motifs is 1. The van der Waals surface area contributed by atoms with E-state index in [-0.39, 0.29) is 33.4 Å². The topological polar surface area (TPSA) is 121 Å². The van der Waals surface area contributed by atoms with Crippen LogP contribution in [0.4, 0.5) is 0 Å². The van der Waals surface area contributed by atoms with Crippen LogP contribution in [0, 0.1) is 11.3 Å². The zero-order valence-electron chi connectivity index (χ0n) is 26.2. The van der Waals surface area contributed by atoms with Gasteiger partial charge in [-0.15, -0.1) is 0 Å². The maximum atomic E-state index is 14.6. The van der Waals surface area contributed by atoms with E-state index in [0.717, 1.165) is 36.6 Å². The number of carbonyl (C=O) groups is 1. The van der Waals surface area contributed by atoms with Crippen LogP contribution in [0.1, 0.15) is 37.4 Å². The van der Waals surface area contributed by atoms with Gasteiger partial charge in [0.25, 0.3) is 15.9 Å². The van der Waals surface area contributed by atoms with Gasteiger partial charge in [-0.1, -0.05) is 30.3 Å². The standard InChI is InChI=1S/C34H38N6O5S/c1-24(2)36-17-19-37(20-18-36)27-15-16-38(23-27)33(41)32(26-7-5-4-6-8-26)39-31-21-25(22-35)9-14-30(31)40(34(39)42)46(43,44)29-12-10-28(45-3)11-13-29/h4-14,21,24,27,32H,15-20,23H2,1-3H3. The summed E-state index contributed by atoms with van der Waals surface area (Å²) in [4.78, 5) is 35.6. The number of rotatable bonds is 8. The van der Waals surface area contributed by atoms with Gasteiger partial charge in [-0.05, 0) is 68.3 Å². The zero-order chi connectivity index (χ0) is 32.6. The molecule has 0 saturated carbocycles.